The number of aromatic nitrogens is 2. The Balaban J connectivity index is 1.30. The fourth-order valence-corrected chi connectivity index (χ4v) is 4.44. The summed E-state index contributed by atoms with van der Waals surface area (Å²) in [6.45, 7) is 2.28. The maximum Gasteiger partial charge on any atom is 0.267 e. The Hall–Kier alpha value is -4.24. The third kappa shape index (κ3) is 4.46. The first kappa shape index (κ1) is 21.6. The molecule has 0 radical (unpaired) electrons. The minimum atomic E-state index is -0.326. The number of ether oxygens (including phenoxy) is 2. The van der Waals surface area contributed by atoms with Gasteiger partial charge in [0, 0.05) is 12.7 Å². The standard InChI is InChI=1S/C25H20N4O4S/c1-15-22(34-25(28-15)19-8-4-5-11-26-19)24(31)29-18-7-3-2-6-17(18)23(30)27-13-16-9-10-20-21(12-16)33-14-32-20/h2-12H,13-14H2,1H3,(H,27,30)(H,29,31). The van der Waals surface area contributed by atoms with E-state index in [0.717, 1.165) is 5.56 Å². The number of anilines is 1. The second kappa shape index (κ2) is 9.32. The Morgan fingerprint density at radius 3 is 2.68 bits per heavy atom. The third-order valence-corrected chi connectivity index (χ3v) is 6.38. The molecule has 0 bridgehead atoms. The van der Waals surface area contributed by atoms with Crippen LogP contribution in [0, 0.1) is 6.92 Å². The Morgan fingerprint density at radius 2 is 1.82 bits per heavy atom. The van der Waals surface area contributed by atoms with E-state index < -0.39 is 0 Å². The van der Waals surface area contributed by atoms with Crippen molar-refractivity contribution in [3.63, 3.8) is 0 Å². The quantitative estimate of drug-likeness (QED) is 0.431. The summed E-state index contributed by atoms with van der Waals surface area (Å²) in [5, 5.41) is 6.42. The molecule has 1 aliphatic rings. The highest BCUT2D eigenvalue weighted by Gasteiger charge is 2.20. The maximum atomic E-state index is 13.0. The molecule has 0 unspecified atom stereocenters. The number of aryl methyl sites for hydroxylation is 1. The molecule has 0 spiro atoms. The molecule has 3 heterocycles. The maximum absolute atomic E-state index is 13.0. The van der Waals surface area contributed by atoms with Crippen molar-refractivity contribution in [2.45, 2.75) is 13.5 Å². The van der Waals surface area contributed by atoms with Crippen molar-refractivity contribution in [1.82, 2.24) is 15.3 Å². The number of thiazole rings is 1. The SMILES string of the molecule is Cc1nc(-c2ccccn2)sc1C(=O)Nc1ccccc1C(=O)NCc1ccc2c(c1)OCO2. The van der Waals surface area contributed by atoms with Crippen LogP contribution in [0.5, 0.6) is 11.5 Å². The Kier molecular flexibility index (Phi) is 5.92. The zero-order chi connectivity index (χ0) is 23.5. The molecule has 2 aromatic carbocycles. The summed E-state index contributed by atoms with van der Waals surface area (Å²) in [5.41, 5.74) is 2.97. The minimum absolute atomic E-state index is 0.195. The van der Waals surface area contributed by atoms with Crippen molar-refractivity contribution in [2.24, 2.45) is 0 Å². The second-order valence-corrected chi connectivity index (χ2v) is 8.52. The van der Waals surface area contributed by atoms with Crippen molar-refractivity contribution >= 4 is 28.8 Å². The molecule has 1 aliphatic heterocycles. The monoisotopic (exact) mass is 472 g/mol. The van der Waals surface area contributed by atoms with Gasteiger partial charge in [-0.25, -0.2) is 4.98 Å². The van der Waals surface area contributed by atoms with Crippen molar-refractivity contribution in [3.8, 4) is 22.2 Å². The van der Waals surface area contributed by atoms with Crippen LogP contribution in [-0.4, -0.2) is 28.6 Å². The number of fused-ring (bicyclic) bond motifs is 1. The van der Waals surface area contributed by atoms with Crippen LogP contribution < -0.4 is 20.1 Å². The van der Waals surface area contributed by atoms with E-state index in [2.05, 4.69) is 20.6 Å². The van der Waals surface area contributed by atoms with Gasteiger partial charge in [0.25, 0.3) is 11.8 Å². The van der Waals surface area contributed by atoms with Crippen LogP contribution in [-0.2, 0) is 6.54 Å². The number of benzene rings is 2. The van der Waals surface area contributed by atoms with Gasteiger partial charge >= 0.3 is 0 Å². The molecule has 4 aromatic rings. The number of para-hydroxylation sites is 1. The van der Waals surface area contributed by atoms with Crippen LogP contribution in [0.15, 0.2) is 66.9 Å². The summed E-state index contributed by atoms with van der Waals surface area (Å²) in [6.07, 6.45) is 1.68. The number of nitrogens with one attached hydrogen (secondary N) is 2. The van der Waals surface area contributed by atoms with E-state index in [-0.39, 0.29) is 18.6 Å². The topological polar surface area (TPSA) is 102 Å². The molecule has 2 amide bonds. The van der Waals surface area contributed by atoms with E-state index >= 15 is 0 Å². The summed E-state index contributed by atoms with van der Waals surface area (Å²) in [7, 11) is 0. The summed E-state index contributed by atoms with van der Waals surface area (Å²) in [4.78, 5) is 35.2. The van der Waals surface area contributed by atoms with E-state index in [1.165, 1.54) is 11.3 Å². The van der Waals surface area contributed by atoms with Gasteiger partial charge in [0.1, 0.15) is 9.88 Å². The number of carbonyl (C=O) groups is 2. The van der Waals surface area contributed by atoms with Crippen molar-refractivity contribution in [2.75, 3.05) is 12.1 Å². The molecule has 5 rings (SSSR count). The lowest BCUT2D eigenvalue weighted by Crippen LogP contribution is -2.24. The van der Waals surface area contributed by atoms with Crippen LogP contribution in [0.4, 0.5) is 5.69 Å². The summed E-state index contributed by atoms with van der Waals surface area (Å²) in [6, 6.07) is 17.9. The third-order valence-electron chi connectivity index (χ3n) is 5.20. The van der Waals surface area contributed by atoms with Crippen molar-refractivity contribution < 1.29 is 19.1 Å². The summed E-state index contributed by atoms with van der Waals surface area (Å²) >= 11 is 1.26. The molecule has 170 valence electrons. The van der Waals surface area contributed by atoms with E-state index in [0.29, 0.717) is 50.6 Å². The van der Waals surface area contributed by atoms with Gasteiger partial charge in [0.05, 0.1) is 22.6 Å². The lowest BCUT2D eigenvalue weighted by Gasteiger charge is -2.11. The molecule has 8 nitrogen and oxygen atoms in total. The molecular weight excluding hydrogens is 452 g/mol. The first-order chi connectivity index (χ1) is 16.6. The Bertz CT molecular complexity index is 1370. The van der Waals surface area contributed by atoms with E-state index in [1.54, 1.807) is 37.4 Å². The molecule has 2 N–H and O–H groups in total. The van der Waals surface area contributed by atoms with Gasteiger partial charge in [-0.2, -0.15) is 0 Å². The molecule has 0 fully saturated rings. The predicted molar refractivity (Wildman–Crippen MR) is 128 cm³/mol. The van der Waals surface area contributed by atoms with Gasteiger partial charge in [-0.05, 0) is 48.9 Å². The first-order valence-electron chi connectivity index (χ1n) is 10.5. The zero-order valence-corrected chi connectivity index (χ0v) is 19.0. The molecule has 0 aliphatic carbocycles. The highest BCUT2D eigenvalue weighted by molar-refractivity contribution is 7.17. The van der Waals surface area contributed by atoms with E-state index in [9.17, 15) is 9.59 Å². The van der Waals surface area contributed by atoms with Crippen LogP contribution in [0.25, 0.3) is 10.7 Å². The molecule has 2 aromatic heterocycles. The number of hydrogen-bond donors (Lipinski definition) is 2. The molecular formula is C25H20N4O4S. The molecule has 0 atom stereocenters. The van der Waals surface area contributed by atoms with Crippen LogP contribution in [0.3, 0.4) is 0 Å². The van der Waals surface area contributed by atoms with Crippen molar-refractivity contribution in [3.05, 3.63) is 88.6 Å². The first-order valence-corrected chi connectivity index (χ1v) is 11.4. The number of rotatable bonds is 6. The van der Waals surface area contributed by atoms with Crippen molar-refractivity contribution in [1.29, 1.82) is 0 Å². The summed E-state index contributed by atoms with van der Waals surface area (Å²) < 4.78 is 10.7. The Morgan fingerprint density at radius 1 is 1.00 bits per heavy atom. The van der Waals surface area contributed by atoms with Crippen LogP contribution in [0.2, 0.25) is 0 Å². The van der Waals surface area contributed by atoms with Gasteiger partial charge < -0.3 is 20.1 Å². The Labute approximate surface area is 199 Å². The van der Waals surface area contributed by atoms with Gasteiger partial charge in [-0.3, -0.25) is 14.6 Å². The average Bonchev–Trinajstić information content (AvgIpc) is 3.49. The fourth-order valence-electron chi connectivity index (χ4n) is 3.50. The minimum Gasteiger partial charge on any atom is -0.454 e. The average molecular weight is 473 g/mol. The highest BCUT2D eigenvalue weighted by atomic mass is 32.1. The van der Waals surface area contributed by atoms with Gasteiger partial charge in [-0.15, -0.1) is 11.3 Å². The van der Waals surface area contributed by atoms with Gasteiger partial charge in [0.2, 0.25) is 6.79 Å². The van der Waals surface area contributed by atoms with Gasteiger partial charge in [-0.1, -0.05) is 24.3 Å². The molecule has 9 heteroatoms. The highest BCUT2D eigenvalue weighted by Crippen LogP contribution is 2.32. The number of amides is 2. The van der Waals surface area contributed by atoms with Gasteiger partial charge in [0.15, 0.2) is 11.5 Å². The normalized spacial score (nSPS) is 11.8. The fraction of sp³-hybridized carbons (Fsp3) is 0.120. The number of nitrogens with zero attached hydrogens (tertiary/aromatic N) is 2. The van der Waals surface area contributed by atoms with E-state index in [4.69, 9.17) is 9.47 Å². The molecule has 34 heavy (non-hydrogen) atoms. The van der Waals surface area contributed by atoms with E-state index in [1.807, 2.05) is 36.4 Å². The summed E-state index contributed by atoms with van der Waals surface area (Å²) in [5.74, 6) is 0.717. The molecule has 0 saturated carbocycles. The lowest BCUT2D eigenvalue weighted by atomic mass is 10.1. The number of pyridine rings is 1. The number of carbonyl (C=O) groups excluding carboxylic acids is 2. The molecule has 0 saturated heterocycles. The predicted octanol–water partition coefficient (Wildman–Crippen LogP) is 4.42. The smallest absolute Gasteiger partial charge is 0.267 e. The van der Waals surface area contributed by atoms with Crippen LogP contribution in [0.1, 0.15) is 31.3 Å². The second-order valence-electron chi connectivity index (χ2n) is 7.52. The largest absolute Gasteiger partial charge is 0.454 e. The lowest BCUT2D eigenvalue weighted by molar-refractivity contribution is 0.0951. The zero-order valence-electron chi connectivity index (χ0n) is 18.2. The number of hydrogen-bond acceptors (Lipinski definition) is 7. The van der Waals surface area contributed by atoms with Crippen LogP contribution >= 0.6 is 11.3 Å².